The maximum absolute atomic E-state index is 5.88. The van der Waals surface area contributed by atoms with Crippen LogP contribution < -0.4 is 5.73 Å². The van der Waals surface area contributed by atoms with Crippen LogP contribution in [0.25, 0.3) is 0 Å². The molecule has 15 heavy (non-hydrogen) atoms. The van der Waals surface area contributed by atoms with E-state index in [-0.39, 0.29) is 5.54 Å². The number of nitrogens with zero attached hydrogens (tertiary/aromatic N) is 2. The first-order valence-corrected chi connectivity index (χ1v) is 5.47. The summed E-state index contributed by atoms with van der Waals surface area (Å²) in [5, 5.41) is 3.93. The Hall–Kier alpha value is -0.900. The SMILES string of the molecule is CC(C)Cc1noc(CCC(C)(C)N)n1. The first-order valence-electron chi connectivity index (χ1n) is 5.47. The fraction of sp³-hybridized carbons (Fsp3) is 0.818. The van der Waals surface area contributed by atoms with E-state index in [0.717, 1.165) is 25.1 Å². The predicted octanol–water partition coefficient (Wildman–Crippen LogP) is 1.94. The minimum atomic E-state index is -0.174. The molecule has 4 nitrogen and oxygen atoms in total. The Labute approximate surface area is 91.2 Å². The number of nitrogens with two attached hydrogens (primary N) is 1. The van der Waals surface area contributed by atoms with E-state index in [4.69, 9.17) is 10.3 Å². The van der Waals surface area contributed by atoms with Crippen LogP contribution in [-0.2, 0) is 12.8 Å². The van der Waals surface area contributed by atoms with Crippen LogP contribution in [-0.4, -0.2) is 15.7 Å². The number of hydrogen-bond acceptors (Lipinski definition) is 4. The molecule has 2 N–H and O–H groups in total. The molecule has 0 saturated heterocycles. The molecule has 1 aromatic heterocycles. The Morgan fingerprint density at radius 2 is 2.07 bits per heavy atom. The molecule has 0 aromatic carbocycles. The van der Waals surface area contributed by atoms with Crippen molar-refractivity contribution < 1.29 is 4.52 Å². The van der Waals surface area contributed by atoms with Crippen LogP contribution in [0.1, 0.15) is 45.8 Å². The van der Waals surface area contributed by atoms with Crippen molar-refractivity contribution in [3.63, 3.8) is 0 Å². The van der Waals surface area contributed by atoms with Gasteiger partial charge in [-0.05, 0) is 26.2 Å². The second-order valence-corrected chi connectivity index (χ2v) is 5.19. The van der Waals surface area contributed by atoms with Crippen molar-refractivity contribution >= 4 is 0 Å². The summed E-state index contributed by atoms with van der Waals surface area (Å²) in [5.74, 6) is 2.06. The van der Waals surface area contributed by atoms with Gasteiger partial charge in [0.05, 0.1) is 0 Å². The molecule has 0 aliphatic heterocycles. The summed E-state index contributed by atoms with van der Waals surface area (Å²) >= 11 is 0. The molecule has 1 heterocycles. The third kappa shape index (κ3) is 4.93. The molecule has 0 bridgehead atoms. The van der Waals surface area contributed by atoms with Crippen LogP contribution in [0.15, 0.2) is 4.52 Å². The molecule has 0 fully saturated rings. The van der Waals surface area contributed by atoms with Gasteiger partial charge in [0.25, 0.3) is 0 Å². The molecule has 0 radical (unpaired) electrons. The smallest absolute Gasteiger partial charge is 0.226 e. The highest BCUT2D eigenvalue weighted by molar-refractivity contribution is 4.89. The molecule has 0 amide bonds. The lowest BCUT2D eigenvalue weighted by atomic mass is 10.0. The van der Waals surface area contributed by atoms with Gasteiger partial charge >= 0.3 is 0 Å². The van der Waals surface area contributed by atoms with Crippen LogP contribution in [0.5, 0.6) is 0 Å². The third-order valence-corrected chi connectivity index (χ3v) is 2.08. The molecule has 4 heteroatoms. The number of aryl methyl sites for hydroxylation is 1. The summed E-state index contributed by atoms with van der Waals surface area (Å²) in [6, 6.07) is 0. The van der Waals surface area contributed by atoms with E-state index in [1.54, 1.807) is 0 Å². The molecule has 0 aliphatic rings. The molecule has 0 unspecified atom stereocenters. The average molecular weight is 211 g/mol. The standard InChI is InChI=1S/C11H21N3O/c1-8(2)7-9-13-10(15-14-9)5-6-11(3,4)12/h8H,5-7,12H2,1-4H3. The van der Waals surface area contributed by atoms with Gasteiger partial charge in [0.15, 0.2) is 5.82 Å². The summed E-state index contributed by atoms with van der Waals surface area (Å²) in [7, 11) is 0. The molecule has 0 aliphatic carbocycles. The molecule has 0 atom stereocenters. The summed E-state index contributed by atoms with van der Waals surface area (Å²) in [5.41, 5.74) is 5.71. The molecule has 0 spiro atoms. The highest BCUT2D eigenvalue weighted by Crippen LogP contribution is 2.10. The Balaban J connectivity index is 2.46. The fourth-order valence-electron chi connectivity index (χ4n) is 1.27. The van der Waals surface area contributed by atoms with E-state index in [1.807, 2.05) is 13.8 Å². The zero-order chi connectivity index (χ0) is 11.5. The normalized spacial score (nSPS) is 12.4. The molecular formula is C11H21N3O. The van der Waals surface area contributed by atoms with Crippen molar-refractivity contribution in [2.75, 3.05) is 0 Å². The van der Waals surface area contributed by atoms with Crippen LogP contribution in [0, 0.1) is 5.92 Å². The largest absolute Gasteiger partial charge is 0.339 e. The lowest BCUT2D eigenvalue weighted by molar-refractivity contribution is 0.353. The van der Waals surface area contributed by atoms with Gasteiger partial charge in [-0.2, -0.15) is 4.98 Å². The van der Waals surface area contributed by atoms with Crippen molar-refractivity contribution in [3.8, 4) is 0 Å². The second-order valence-electron chi connectivity index (χ2n) is 5.19. The van der Waals surface area contributed by atoms with Crippen molar-refractivity contribution in [1.82, 2.24) is 10.1 Å². The van der Waals surface area contributed by atoms with Gasteiger partial charge in [0.1, 0.15) is 0 Å². The predicted molar refractivity (Wildman–Crippen MR) is 59.4 cm³/mol. The molecule has 1 aromatic rings. The topological polar surface area (TPSA) is 64.9 Å². The Bertz CT molecular complexity index is 299. The zero-order valence-electron chi connectivity index (χ0n) is 10.1. The lowest BCUT2D eigenvalue weighted by Gasteiger charge is -2.16. The van der Waals surface area contributed by atoms with Crippen LogP contribution >= 0.6 is 0 Å². The Morgan fingerprint density at radius 1 is 1.40 bits per heavy atom. The summed E-state index contributed by atoms with van der Waals surface area (Å²) in [6.07, 6.45) is 2.49. The Kier molecular flexibility index (Phi) is 3.85. The van der Waals surface area contributed by atoms with E-state index >= 15 is 0 Å². The first-order chi connectivity index (χ1) is 6.87. The summed E-state index contributed by atoms with van der Waals surface area (Å²) in [6.45, 7) is 8.27. The molecule has 1 rings (SSSR count). The third-order valence-electron chi connectivity index (χ3n) is 2.08. The zero-order valence-corrected chi connectivity index (χ0v) is 10.1. The van der Waals surface area contributed by atoms with E-state index in [2.05, 4.69) is 24.0 Å². The molecule has 86 valence electrons. The summed E-state index contributed by atoms with van der Waals surface area (Å²) < 4.78 is 5.14. The van der Waals surface area contributed by atoms with E-state index in [9.17, 15) is 0 Å². The van der Waals surface area contributed by atoms with E-state index in [0.29, 0.717) is 11.8 Å². The maximum Gasteiger partial charge on any atom is 0.226 e. The van der Waals surface area contributed by atoms with Crippen molar-refractivity contribution in [2.45, 2.75) is 52.5 Å². The minimum absolute atomic E-state index is 0.174. The van der Waals surface area contributed by atoms with Crippen molar-refractivity contribution in [2.24, 2.45) is 11.7 Å². The summed E-state index contributed by atoms with van der Waals surface area (Å²) in [4.78, 5) is 4.32. The maximum atomic E-state index is 5.88. The van der Waals surface area contributed by atoms with Gasteiger partial charge in [0, 0.05) is 18.4 Å². The Morgan fingerprint density at radius 3 is 2.60 bits per heavy atom. The van der Waals surface area contributed by atoms with Gasteiger partial charge in [-0.3, -0.25) is 0 Å². The van der Waals surface area contributed by atoms with Gasteiger partial charge in [-0.15, -0.1) is 0 Å². The van der Waals surface area contributed by atoms with Crippen LogP contribution in [0.3, 0.4) is 0 Å². The van der Waals surface area contributed by atoms with E-state index in [1.165, 1.54) is 0 Å². The second kappa shape index (κ2) is 4.75. The first kappa shape index (κ1) is 12.2. The van der Waals surface area contributed by atoms with Crippen LogP contribution in [0.2, 0.25) is 0 Å². The van der Waals surface area contributed by atoms with Crippen molar-refractivity contribution in [3.05, 3.63) is 11.7 Å². The highest BCUT2D eigenvalue weighted by Gasteiger charge is 2.14. The number of hydrogen-bond donors (Lipinski definition) is 1. The van der Waals surface area contributed by atoms with Crippen LogP contribution in [0.4, 0.5) is 0 Å². The number of aromatic nitrogens is 2. The average Bonchev–Trinajstić information content (AvgIpc) is 2.46. The molecule has 0 saturated carbocycles. The lowest BCUT2D eigenvalue weighted by Crippen LogP contribution is -2.32. The van der Waals surface area contributed by atoms with E-state index < -0.39 is 0 Å². The van der Waals surface area contributed by atoms with Gasteiger partial charge in [-0.25, -0.2) is 0 Å². The van der Waals surface area contributed by atoms with Gasteiger partial charge in [-0.1, -0.05) is 19.0 Å². The number of rotatable bonds is 5. The monoisotopic (exact) mass is 211 g/mol. The fourth-order valence-corrected chi connectivity index (χ4v) is 1.27. The highest BCUT2D eigenvalue weighted by atomic mass is 16.5. The van der Waals surface area contributed by atoms with Gasteiger partial charge in [0.2, 0.25) is 5.89 Å². The molecular weight excluding hydrogens is 190 g/mol. The van der Waals surface area contributed by atoms with Gasteiger partial charge < -0.3 is 10.3 Å². The quantitative estimate of drug-likeness (QED) is 0.808. The van der Waals surface area contributed by atoms with Crippen molar-refractivity contribution in [1.29, 1.82) is 0 Å². The minimum Gasteiger partial charge on any atom is -0.339 e.